The standard InChI is InChI=1S/C65H122O5/c1-4-7-10-13-16-19-22-25-28-31-33-35-37-40-43-46-49-52-55-58-64(66)69-62-63(61-68-60-57-54-51-48-45-42-39-36-32-29-26-23-20-17-14-11-8-5-2)70-65(67)59-56-53-50-47-44-41-38-34-30-27-24-21-18-15-12-9-6-3/h8,11,17,20,26,29,63H,4-7,9-10,12-16,18-19,21-25,27-28,30-62H2,1-3H3/b11-8-,20-17-,29-26-. The van der Waals surface area contributed by atoms with E-state index in [0.717, 1.165) is 57.8 Å². The molecule has 5 heteroatoms. The molecule has 0 rings (SSSR count). The maximum atomic E-state index is 12.9. The van der Waals surface area contributed by atoms with Crippen LogP contribution < -0.4 is 0 Å². The molecule has 0 aromatic heterocycles. The Morgan fingerprint density at radius 2 is 0.643 bits per heavy atom. The van der Waals surface area contributed by atoms with E-state index in [9.17, 15) is 9.59 Å². The van der Waals surface area contributed by atoms with Crippen LogP contribution in [0.25, 0.3) is 0 Å². The number of unbranched alkanes of at least 4 members (excludes halogenated alkanes) is 42. The van der Waals surface area contributed by atoms with Crippen molar-refractivity contribution in [3.05, 3.63) is 36.5 Å². The largest absolute Gasteiger partial charge is 0.462 e. The third kappa shape index (κ3) is 58.7. The van der Waals surface area contributed by atoms with Crippen LogP contribution in [0.5, 0.6) is 0 Å². The van der Waals surface area contributed by atoms with Gasteiger partial charge in [0.1, 0.15) is 6.61 Å². The van der Waals surface area contributed by atoms with Gasteiger partial charge in [-0.05, 0) is 51.4 Å². The Morgan fingerprint density at radius 1 is 0.329 bits per heavy atom. The molecule has 412 valence electrons. The van der Waals surface area contributed by atoms with E-state index in [1.54, 1.807) is 0 Å². The van der Waals surface area contributed by atoms with Crippen LogP contribution in [0.4, 0.5) is 0 Å². The summed E-state index contributed by atoms with van der Waals surface area (Å²) < 4.78 is 17.6. The Hall–Kier alpha value is -1.88. The summed E-state index contributed by atoms with van der Waals surface area (Å²) in [6.07, 6.45) is 76.1. The summed E-state index contributed by atoms with van der Waals surface area (Å²) in [6.45, 7) is 7.79. The maximum absolute atomic E-state index is 12.9. The zero-order valence-corrected chi connectivity index (χ0v) is 47.6. The maximum Gasteiger partial charge on any atom is 0.306 e. The highest BCUT2D eigenvalue weighted by Gasteiger charge is 2.18. The van der Waals surface area contributed by atoms with Crippen molar-refractivity contribution in [2.45, 2.75) is 348 Å². The fourth-order valence-electron chi connectivity index (χ4n) is 9.53. The lowest BCUT2D eigenvalue weighted by atomic mass is 10.0. The number of hydrogen-bond donors (Lipinski definition) is 0. The van der Waals surface area contributed by atoms with Crippen LogP contribution >= 0.6 is 0 Å². The summed E-state index contributed by atoms with van der Waals surface area (Å²) in [4.78, 5) is 25.6. The summed E-state index contributed by atoms with van der Waals surface area (Å²) in [5, 5.41) is 0. The van der Waals surface area contributed by atoms with Crippen LogP contribution in [0.15, 0.2) is 36.5 Å². The Bertz CT molecular complexity index is 1110. The minimum atomic E-state index is -0.536. The molecule has 0 fully saturated rings. The van der Waals surface area contributed by atoms with Gasteiger partial charge in [-0.2, -0.15) is 0 Å². The number of hydrogen-bond acceptors (Lipinski definition) is 5. The molecular weight excluding hydrogens is 861 g/mol. The molecule has 0 aliphatic rings. The quantitative estimate of drug-likeness (QED) is 0.0345. The van der Waals surface area contributed by atoms with Crippen LogP contribution in [-0.4, -0.2) is 37.9 Å². The molecule has 0 aliphatic heterocycles. The van der Waals surface area contributed by atoms with E-state index in [1.165, 1.54) is 250 Å². The smallest absolute Gasteiger partial charge is 0.306 e. The molecule has 0 amide bonds. The van der Waals surface area contributed by atoms with Crippen molar-refractivity contribution in [1.29, 1.82) is 0 Å². The zero-order chi connectivity index (χ0) is 50.6. The average molecular weight is 984 g/mol. The lowest BCUT2D eigenvalue weighted by Gasteiger charge is -2.18. The highest BCUT2D eigenvalue weighted by atomic mass is 16.6. The number of esters is 2. The number of rotatable bonds is 59. The van der Waals surface area contributed by atoms with Crippen molar-refractivity contribution in [2.24, 2.45) is 0 Å². The van der Waals surface area contributed by atoms with E-state index in [1.807, 2.05) is 0 Å². The van der Waals surface area contributed by atoms with Gasteiger partial charge in [0.25, 0.3) is 0 Å². The van der Waals surface area contributed by atoms with Gasteiger partial charge >= 0.3 is 11.9 Å². The number of carbonyl (C=O) groups is 2. The second-order valence-corrected chi connectivity index (χ2v) is 21.3. The van der Waals surface area contributed by atoms with Gasteiger partial charge in [0.05, 0.1) is 6.61 Å². The topological polar surface area (TPSA) is 61.8 Å². The SMILES string of the molecule is CC/C=C\C/C=C\C/C=C\CCCCCCCCCCOCC(COC(=O)CCCCCCCCCCCCCCCCCCCCC)OC(=O)CCCCCCCCCCCCCCCCCCC. The molecule has 0 saturated heterocycles. The van der Waals surface area contributed by atoms with E-state index in [2.05, 4.69) is 57.2 Å². The van der Waals surface area contributed by atoms with Gasteiger partial charge in [-0.25, -0.2) is 0 Å². The van der Waals surface area contributed by atoms with Gasteiger partial charge in [-0.3, -0.25) is 9.59 Å². The van der Waals surface area contributed by atoms with Gasteiger partial charge in [-0.15, -0.1) is 0 Å². The van der Waals surface area contributed by atoms with E-state index >= 15 is 0 Å². The highest BCUT2D eigenvalue weighted by Crippen LogP contribution is 2.18. The highest BCUT2D eigenvalue weighted by molar-refractivity contribution is 5.70. The third-order valence-corrected chi connectivity index (χ3v) is 14.2. The average Bonchev–Trinajstić information content (AvgIpc) is 3.36. The van der Waals surface area contributed by atoms with Crippen molar-refractivity contribution in [3.8, 4) is 0 Å². The van der Waals surface area contributed by atoms with Gasteiger partial charge in [0.2, 0.25) is 0 Å². The molecule has 5 nitrogen and oxygen atoms in total. The van der Waals surface area contributed by atoms with Crippen molar-refractivity contribution < 1.29 is 23.8 Å². The molecule has 1 unspecified atom stereocenters. The first-order valence-electron chi connectivity index (χ1n) is 31.5. The molecule has 0 N–H and O–H groups in total. The van der Waals surface area contributed by atoms with Crippen molar-refractivity contribution in [2.75, 3.05) is 19.8 Å². The number of carbonyl (C=O) groups excluding carboxylic acids is 2. The third-order valence-electron chi connectivity index (χ3n) is 14.2. The lowest BCUT2D eigenvalue weighted by molar-refractivity contribution is -0.163. The number of ether oxygens (including phenoxy) is 3. The van der Waals surface area contributed by atoms with E-state index in [0.29, 0.717) is 26.1 Å². The Balaban J connectivity index is 4.22. The van der Waals surface area contributed by atoms with Crippen molar-refractivity contribution >= 4 is 11.9 Å². The van der Waals surface area contributed by atoms with Gasteiger partial charge in [0, 0.05) is 19.4 Å². The van der Waals surface area contributed by atoms with Crippen molar-refractivity contribution in [1.82, 2.24) is 0 Å². The van der Waals surface area contributed by atoms with E-state index in [-0.39, 0.29) is 18.5 Å². The van der Waals surface area contributed by atoms with Gasteiger partial charge in [0.15, 0.2) is 6.10 Å². The first-order chi connectivity index (χ1) is 34.6. The second kappa shape index (κ2) is 61.4. The molecule has 0 aliphatic carbocycles. The molecule has 0 bridgehead atoms. The van der Waals surface area contributed by atoms with Crippen LogP contribution in [-0.2, 0) is 23.8 Å². The summed E-state index contributed by atoms with van der Waals surface area (Å²) >= 11 is 0. The minimum absolute atomic E-state index is 0.0898. The lowest BCUT2D eigenvalue weighted by Crippen LogP contribution is -2.30. The molecule has 70 heavy (non-hydrogen) atoms. The normalized spacial score (nSPS) is 12.3. The predicted molar refractivity (Wildman–Crippen MR) is 307 cm³/mol. The fourth-order valence-corrected chi connectivity index (χ4v) is 9.53. The van der Waals surface area contributed by atoms with E-state index < -0.39 is 6.10 Å². The molecule has 0 spiro atoms. The second-order valence-electron chi connectivity index (χ2n) is 21.3. The summed E-state index contributed by atoms with van der Waals surface area (Å²) in [5.41, 5.74) is 0. The summed E-state index contributed by atoms with van der Waals surface area (Å²) in [6, 6.07) is 0. The molecule has 0 heterocycles. The van der Waals surface area contributed by atoms with Crippen LogP contribution in [0.1, 0.15) is 342 Å². The Morgan fingerprint density at radius 3 is 1.03 bits per heavy atom. The van der Waals surface area contributed by atoms with Crippen molar-refractivity contribution in [3.63, 3.8) is 0 Å². The minimum Gasteiger partial charge on any atom is -0.462 e. The summed E-state index contributed by atoms with van der Waals surface area (Å²) in [7, 11) is 0. The zero-order valence-electron chi connectivity index (χ0n) is 47.6. The molecule has 0 saturated carbocycles. The monoisotopic (exact) mass is 983 g/mol. The molecule has 1 atom stereocenters. The molecule has 0 radical (unpaired) electrons. The fraction of sp³-hybridized carbons (Fsp3) is 0.877. The Kier molecular flexibility index (Phi) is 59.8. The van der Waals surface area contributed by atoms with Crippen LogP contribution in [0.3, 0.4) is 0 Å². The van der Waals surface area contributed by atoms with Gasteiger partial charge in [-0.1, -0.05) is 314 Å². The molecule has 0 aromatic carbocycles. The van der Waals surface area contributed by atoms with Crippen LogP contribution in [0, 0.1) is 0 Å². The predicted octanol–water partition coefficient (Wildman–Crippen LogP) is 21.7. The summed E-state index contributed by atoms with van der Waals surface area (Å²) in [5.74, 6) is -0.375. The molecule has 0 aromatic rings. The van der Waals surface area contributed by atoms with Crippen LogP contribution in [0.2, 0.25) is 0 Å². The number of allylic oxidation sites excluding steroid dienone is 6. The first-order valence-corrected chi connectivity index (χ1v) is 31.5. The molecular formula is C65H122O5. The van der Waals surface area contributed by atoms with E-state index in [4.69, 9.17) is 14.2 Å². The van der Waals surface area contributed by atoms with Gasteiger partial charge < -0.3 is 14.2 Å². The first kappa shape index (κ1) is 68.1. The Labute approximate surface area is 438 Å².